The minimum atomic E-state index is -0.000508. The quantitative estimate of drug-likeness (QED) is 0.896. The first-order chi connectivity index (χ1) is 10.8. The number of nitrogens with one attached hydrogen (secondary N) is 1. The first-order valence-electron chi connectivity index (χ1n) is 8.24. The van der Waals surface area contributed by atoms with E-state index in [9.17, 15) is 4.79 Å². The lowest BCUT2D eigenvalue weighted by Gasteiger charge is -2.43. The molecule has 1 saturated carbocycles. The molecule has 22 heavy (non-hydrogen) atoms. The highest BCUT2D eigenvalue weighted by Crippen LogP contribution is 2.39. The van der Waals surface area contributed by atoms with Crippen LogP contribution in [0.3, 0.4) is 0 Å². The van der Waals surface area contributed by atoms with Crippen LogP contribution in [-0.4, -0.2) is 58.7 Å². The number of rotatable bonds is 3. The van der Waals surface area contributed by atoms with Crippen molar-refractivity contribution in [3.63, 3.8) is 0 Å². The van der Waals surface area contributed by atoms with E-state index in [1.807, 2.05) is 4.90 Å². The molecule has 2 saturated heterocycles. The first-order valence-corrected chi connectivity index (χ1v) is 8.24. The average molecular weight is 302 g/mol. The summed E-state index contributed by atoms with van der Waals surface area (Å²) in [5.41, 5.74) is 0.443. The van der Waals surface area contributed by atoms with Gasteiger partial charge in [-0.25, -0.2) is 4.98 Å². The van der Waals surface area contributed by atoms with Gasteiger partial charge < -0.3 is 15.0 Å². The fourth-order valence-electron chi connectivity index (χ4n) is 3.91. The molecule has 0 unspecified atom stereocenters. The molecule has 0 bridgehead atoms. The van der Waals surface area contributed by atoms with E-state index >= 15 is 0 Å². The molecule has 6 nitrogen and oxygen atoms in total. The number of ether oxygens (including phenoxy) is 1. The maximum Gasteiger partial charge on any atom is 0.274 e. The van der Waals surface area contributed by atoms with Crippen molar-refractivity contribution in [3.8, 4) is 0 Å². The third-order valence-electron chi connectivity index (χ3n) is 5.28. The number of hydrogen-bond donors (Lipinski definition) is 1. The third-order valence-corrected chi connectivity index (χ3v) is 5.28. The van der Waals surface area contributed by atoms with Gasteiger partial charge in [0.1, 0.15) is 5.69 Å². The van der Waals surface area contributed by atoms with Gasteiger partial charge in [-0.1, -0.05) is 0 Å². The molecule has 1 amide bonds. The number of carbonyl (C=O) groups excluding carboxylic acids is 1. The Kier molecular flexibility index (Phi) is 3.80. The minimum Gasteiger partial charge on any atom is -0.378 e. The summed E-state index contributed by atoms with van der Waals surface area (Å²) in [5.74, 6) is 0.721. The molecular formula is C16H22N4O2. The van der Waals surface area contributed by atoms with E-state index in [4.69, 9.17) is 4.74 Å². The zero-order valence-corrected chi connectivity index (χ0v) is 12.6. The molecule has 4 rings (SSSR count). The molecule has 1 aliphatic carbocycles. The molecule has 0 spiro atoms. The number of amides is 1. The number of aromatic nitrogens is 2. The molecule has 1 aromatic heterocycles. The third kappa shape index (κ3) is 2.61. The van der Waals surface area contributed by atoms with Crippen molar-refractivity contribution in [2.75, 3.05) is 19.7 Å². The standard InChI is InChI=1S/C16H22N4O2/c21-16(14-10-17-4-5-18-14)20-6-1-11(2-7-20)19-13-9-15-12(13)3-8-22-15/h4-5,10-13,15,19H,1-3,6-9H2/t12-,13-,15+/m1/s1. The largest absolute Gasteiger partial charge is 0.378 e. The van der Waals surface area contributed by atoms with Crippen LogP contribution in [-0.2, 0) is 4.74 Å². The van der Waals surface area contributed by atoms with E-state index in [0.717, 1.165) is 44.9 Å². The lowest BCUT2D eigenvalue weighted by Crippen LogP contribution is -2.56. The van der Waals surface area contributed by atoms with Gasteiger partial charge in [0.25, 0.3) is 5.91 Å². The zero-order chi connectivity index (χ0) is 14.9. The summed E-state index contributed by atoms with van der Waals surface area (Å²) in [6, 6.07) is 1.15. The fraction of sp³-hybridized carbons (Fsp3) is 0.688. The molecule has 0 radical (unpaired) electrons. The Hall–Kier alpha value is -1.53. The van der Waals surface area contributed by atoms with Crippen LogP contribution in [0.5, 0.6) is 0 Å². The SMILES string of the molecule is O=C(c1cnccn1)N1CCC(N[C@@H]2C[C@@H]3OCC[C@@H]32)CC1. The topological polar surface area (TPSA) is 67.4 Å². The lowest BCUT2D eigenvalue weighted by atomic mass is 9.75. The summed E-state index contributed by atoms with van der Waals surface area (Å²) >= 11 is 0. The van der Waals surface area contributed by atoms with Crippen molar-refractivity contribution in [1.29, 1.82) is 0 Å². The van der Waals surface area contributed by atoms with Crippen molar-refractivity contribution in [2.24, 2.45) is 5.92 Å². The van der Waals surface area contributed by atoms with E-state index < -0.39 is 0 Å². The summed E-state index contributed by atoms with van der Waals surface area (Å²) < 4.78 is 5.66. The van der Waals surface area contributed by atoms with Gasteiger partial charge in [0, 0.05) is 50.1 Å². The van der Waals surface area contributed by atoms with Gasteiger partial charge in [-0.05, 0) is 25.7 Å². The van der Waals surface area contributed by atoms with Crippen LogP contribution in [0.4, 0.5) is 0 Å². The Bertz CT molecular complexity index is 530. The van der Waals surface area contributed by atoms with E-state index in [1.54, 1.807) is 18.6 Å². The molecule has 1 N–H and O–H groups in total. The first kappa shape index (κ1) is 14.1. The van der Waals surface area contributed by atoms with Gasteiger partial charge in [0.05, 0.1) is 12.3 Å². The summed E-state index contributed by atoms with van der Waals surface area (Å²) in [4.78, 5) is 22.3. The monoisotopic (exact) mass is 302 g/mol. The Morgan fingerprint density at radius 2 is 2.14 bits per heavy atom. The van der Waals surface area contributed by atoms with Crippen LogP contribution in [0, 0.1) is 5.92 Å². The van der Waals surface area contributed by atoms with Crippen LogP contribution in [0.25, 0.3) is 0 Å². The molecule has 2 aliphatic heterocycles. The molecular weight excluding hydrogens is 280 g/mol. The minimum absolute atomic E-state index is 0.000508. The highest BCUT2D eigenvalue weighted by atomic mass is 16.5. The second-order valence-electron chi connectivity index (χ2n) is 6.53. The van der Waals surface area contributed by atoms with Gasteiger partial charge in [-0.15, -0.1) is 0 Å². The Morgan fingerprint density at radius 3 is 2.86 bits per heavy atom. The fourth-order valence-corrected chi connectivity index (χ4v) is 3.91. The number of nitrogens with zero attached hydrogens (tertiary/aromatic N) is 3. The Labute approximate surface area is 130 Å². The van der Waals surface area contributed by atoms with E-state index in [-0.39, 0.29) is 5.91 Å². The molecule has 1 aromatic rings. The van der Waals surface area contributed by atoms with Gasteiger partial charge >= 0.3 is 0 Å². The second-order valence-corrected chi connectivity index (χ2v) is 6.53. The van der Waals surface area contributed by atoms with Crippen molar-refractivity contribution in [3.05, 3.63) is 24.3 Å². The van der Waals surface area contributed by atoms with Gasteiger partial charge in [-0.2, -0.15) is 0 Å². The predicted octanol–water partition coefficient (Wildman–Crippen LogP) is 0.848. The van der Waals surface area contributed by atoms with Crippen LogP contribution in [0.2, 0.25) is 0 Å². The van der Waals surface area contributed by atoms with E-state index in [2.05, 4.69) is 15.3 Å². The molecule has 3 atom stereocenters. The van der Waals surface area contributed by atoms with Crippen LogP contribution < -0.4 is 5.32 Å². The van der Waals surface area contributed by atoms with Crippen molar-refractivity contribution in [1.82, 2.24) is 20.2 Å². The number of fused-ring (bicyclic) bond motifs is 1. The van der Waals surface area contributed by atoms with Gasteiger partial charge in [0.15, 0.2) is 0 Å². The van der Waals surface area contributed by atoms with Gasteiger partial charge in [-0.3, -0.25) is 9.78 Å². The Morgan fingerprint density at radius 1 is 1.27 bits per heavy atom. The second kappa shape index (κ2) is 5.93. The molecule has 0 aromatic carbocycles. The number of likely N-dealkylation sites (tertiary alicyclic amines) is 1. The van der Waals surface area contributed by atoms with Crippen molar-refractivity contribution < 1.29 is 9.53 Å². The van der Waals surface area contributed by atoms with Crippen LogP contribution >= 0.6 is 0 Å². The van der Waals surface area contributed by atoms with Gasteiger partial charge in [0.2, 0.25) is 0 Å². The maximum atomic E-state index is 12.3. The van der Waals surface area contributed by atoms with Crippen molar-refractivity contribution >= 4 is 5.91 Å². The lowest BCUT2D eigenvalue weighted by molar-refractivity contribution is 0.00103. The normalized spacial score (nSPS) is 31.6. The number of hydrogen-bond acceptors (Lipinski definition) is 5. The molecule has 6 heteroatoms. The maximum absolute atomic E-state index is 12.3. The zero-order valence-electron chi connectivity index (χ0n) is 12.6. The smallest absolute Gasteiger partial charge is 0.274 e. The van der Waals surface area contributed by atoms with Crippen LogP contribution in [0.1, 0.15) is 36.2 Å². The van der Waals surface area contributed by atoms with E-state index in [0.29, 0.717) is 23.9 Å². The number of piperidine rings is 1. The van der Waals surface area contributed by atoms with Crippen molar-refractivity contribution in [2.45, 2.75) is 43.9 Å². The average Bonchev–Trinajstić information content (AvgIpc) is 2.94. The van der Waals surface area contributed by atoms with E-state index in [1.165, 1.54) is 6.42 Å². The predicted molar refractivity (Wildman–Crippen MR) is 80.3 cm³/mol. The Balaban J connectivity index is 1.27. The highest BCUT2D eigenvalue weighted by Gasteiger charge is 2.45. The number of carbonyl (C=O) groups is 1. The summed E-state index contributed by atoms with van der Waals surface area (Å²) in [5, 5.41) is 3.78. The molecule has 118 valence electrons. The summed E-state index contributed by atoms with van der Waals surface area (Å²) in [7, 11) is 0. The van der Waals surface area contributed by atoms with Crippen LogP contribution in [0.15, 0.2) is 18.6 Å². The highest BCUT2D eigenvalue weighted by molar-refractivity contribution is 5.92. The summed E-state index contributed by atoms with van der Waals surface area (Å²) in [6.07, 6.45) is 9.60. The molecule has 3 fully saturated rings. The molecule has 3 aliphatic rings. The molecule has 3 heterocycles. The summed E-state index contributed by atoms with van der Waals surface area (Å²) in [6.45, 7) is 2.52.